The van der Waals surface area contributed by atoms with E-state index in [2.05, 4.69) is 15.0 Å². The molecule has 1 atom stereocenters. The number of phenolic OH excluding ortho intramolecular Hbond substituents is 3. The van der Waals surface area contributed by atoms with Crippen molar-refractivity contribution >= 4 is 40.1 Å². The summed E-state index contributed by atoms with van der Waals surface area (Å²) in [4.78, 5) is 77.4. The summed E-state index contributed by atoms with van der Waals surface area (Å²) in [6, 6.07) is 3.15. The minimum absolute atomic E-state index is 0.125. The first-order valence-corrected chi connectivity index (χ1v) is 14.5. The van der Waals surface area contributed by atoms with E-state index in [0.717, 1.165) is 26.3 Å². The van der Waals surface area contributed by atoms with Crippen LogP contribution in [0.4, 0.5) is 0 Å². The number of hydrogen-bond acceptors (Lipinski definition) is 13. The molecule has 0 saturated carbocycles. The number of aryl methyl sites for hydroxylation is 1. The normalized spacial score (nSPS) is 20.8. The van der Waals surface area contributed by atoms with Crippen molar-refractivity contribution in [2.45, 2.75) is 18.3 Å². The fraction of sp³-hybridized carbons (Fsp3) is 0.312. The number of benzene rings is 2. The second-order valence-corrected chi connectivity index (χ2v) is 11.5. The standard InChI is InChI=1S/C32H27N3O11/c1-44-18-12-17(36)20-21(25(18)37)27(39)23-22(26(20)38)29(41)32(30(23)42)3-2-14-10-15-11-16(34-31(43)19(15)28(40)24(14)32)13-33-46-9-6-35-4-7-45-8-5-35/h10-13,38-40H,2-9H2,1H3,(H,34,43)/b33-13+. The van der Waals surface area contributed by atoms with Crippen LogP contribution in [-0.4, -0.2) is 101 Å². The van der Waals surface area contributed by atoms with Gasteiger partial charge in [-0.25, -0.2) is 0 Å². The molecule has 1 fully saturated rings. The number of nitrogens with zero attached hydrogens (tertiary/aromatic N) is 2. The van der Waals surface area contributed by atoms with Gasteiger partial charge in [0, 0.05) is 31.3 Å². The molecular formula is C32H27N3O11. The molecule has 3 aliphatic carbocycles. The third-order valence-electron chi connectivity index (χ3n) is 9.13. The monoisotopic (exact) mass is 629 g/mol. The number of carbonyl (C=O) groups is 4. The summed E-state index contributed by atoms with van der Waals surface area (Å²) >= 11 is 0. The lowest BCUT2D eigenvalue weighted by atomic mass is 9.76. The molecule has 7 rings (SSSR count). The molecule has 3 aromatic rings. The van der Waals surface area contributed by atoms with Crippen molar-refractivity contribution in [3.8, 4) is 17.2 Å². The van der Waals surface area contributed by atoms with Gasteiger partial charge in [-0.1, -0.05) is 11.2 Å². The van der Waals surface area contributed by atoms with Crippen molar-refractivity contribution in [3.05, 3.63) is 73.4 Å². The average molecular weight is 630 g/mol. The number of phenols is 3. The predicted octanol–water partition coefficient (Wildman–Crippen LogP) is 1.50. The van der Waals surface area contributed by atoms with Gasteiger partial charge in [0.25, 0.3) is 5.56 Å². The van der Waals surface area contributed by atoms with Crippen molar-refractivity contribution in [3.63, 3.8) is 0 Å². The highest BCUT2D eigenvalue weighted by molar-refractivity contribution is 6.38. The van der Waals surface area contributed by atoms with Crippen LogP contribution in [0.2, 0.25) is 0 Å². The number of Topliss-reactive ketones (excluding diaryl/α,β-unsaturated/α-hetero) is 3. The number of rotatable bonds is 6. The highest BCUT2D eigenvalue weighted by Gasteiger charge is 2.61. The molecule has 0 amide bonds. The zero-order valence-electron chi connectivity index (χ0n) is 24.5. The summed E-state index contributed by atoms with van der Waals surface area (Å²) in [7, 11) is 1.14. The summed E-state index contributed by atoms with van der Waals surface area (Å²) < 4.78 is 10.2. The van der Waals surface area contributed by atoms with Gasteiger partial charge in [0.05, 0.1) is 59.9 Å². The first-order chi connectivity index (χ1) is 22.1. The maximum atomic E-state index is 14.1. The van der Waals surface area contributed by atoms with E-state index in [4.69, 9.17) is 14.3 Å². The highest BCUT2D eigenvalue weighted by atomic mass is 16.6. The Balaban J connectivity index is 1.26. The van der Waals surface area contributed by atoms with E-state index in [0.29, 0.717) is 37.3 Å². The lowest BCUT2D eigenvalue weighted by molar-refractivity contribution is 0.0214. The first kappa shape index (κ1) is 29.4. The van der Waals surface area contributed by atoms with Crippen molar-refractivity contribution < 1.29 is 48.8 Å². The van der Waals surface area contributed by atoms with Crippen molar-refractivity contribution in [1.82, 2.24) is 9.88 Å². The molecule has 1 saturated heterocycles. The van der Waals surface area contributed by atoms with E-state index in [9.17, 15) is 39.3 Å². The van der Waals surface area contributed by atoms with Gasteiger partial charge in [0.1, 0.15) is 29.3 Å². The second kappa shape index (κ2) is 10.6. The van der Waals surface area contributed by atoms with Crippen LogP contribution in [0.25, 0.3) is 10.8 Å². The maximum Gasteiger partial charge on any atom is 0.260 e. The number of aromatic nitrogens is 1. The number of aromatic hydroxyl groups is 3. The van der Waals surface area contributed by atoms with Crippen LogP contribution in [-0.2, 0) is 26.1 Å². The van der Waals surface area contributed by atoms with Crippen LogP contribution < -0.4 is 5.56 Å². The van der Waals surface area contributed by atoms with Crippen LogP contribution in [0.5, 0.6) is 17.2 Å². The number of pyridine rings is 1. The number of oxime groups is 1. The number of nitrogens with one attached hydrogen (secondary N) is 1. The van der Waals surface area contributed by atoms with Gasteiger partial charge in [-0.05, 0) is 29.9 Å². The highest BCUT2D eigenvalue weighted by Crippen LogP contribution is 2.57. The number of H-pyrrole nitrogens is 1. The summed E-state index contributed by atoms with van der Waals surface area (Å²) in [5, 5.41) is 37.8. The largest absolute Gasteiger partial charge is 0.507 e. The average Bonchev–Trinajstić information content (AvgIpc) is 3.53. The van der Waals surface area contributed by atoms with Crippen molar-refractivity contribution in [1.29, 1.82) is 0 Å². The Hall–Kier alpha value is -5.34. The molecule has 1 spiro atoms. The van der Waals surface area contributed by atoms with Crippen LogP contribution in [0, 0.1) is 0 Å². The Labute approximate surface area is 259 Å². The van der Waals surface area contributed by atoms with Crippen LogP contribution >= 0.6 is 0 Å². The lowest BCUT2D eigenvalue weighted by Gasteiger charge is -2.25. The third-order valence-corrected chi connectivity index (χ3v) is 9.13. The number of ketones is 4. The predicted molar refractivity (Wildman–Crippen MR) is 159 cm³/mol. The molecule has 14 heteroatoms. The maximum absolute atomic E-state index is 14.1. The molecule has 0 bridgehead atoms. The number of methoxy groups -OCH3 is 1. The molecule has 236 valence electrons. The number of allylic oxidation sites excluding steroid dienone is 2. The van der Waals surface area contributed by atoms with E-state index < -0.39 is 79.4 Å². The van der Waals surface area contributed by atoms with Gasteiger partial charge in [-0.15, -0.1) is 0 Å². The Kier molecular flexibility index (Phi) is 6.79. The molecule has 4 aliphatic rings. The number of carbonyl (C=O) groups excluding carboxylic acids is 4. The summed E-state index contributed by atoms with van der Waals surface area (Å²) in [5.74, 6) is -6.69. The Morgan fingerprint density at radius 2 is 1.67 bits per heavy atom. The Morgan fingerprint density at radius 3 is 2.37 bits per heavy atom. The Bertz CT molecular complexity index is 2040. The molecule has 1 unspecified atom stereocenters. The molecule has 2 aromatic carbocycles. The second-order valence-electron chi connectivity index (χ2n) is 11.5. The van der Waals surface area contributed by atoms with Crippen LogP contribution in [0.1, 0.15) is 64.7 Å². The van der Waals surface area contributed by atoms with E-state index in [-0.39, 0.29) is 29.5 Å². The SMILES string of the molecule is COC1=CC(=O)c2c(O)c3c(c(O)c2C1=O)C(=O)C1(CCc2cc4cc(/C=N/OCCN5CCOCC5)[nH]c(=O)c4c(O)c21)C3=O. The van der Waals surface area contributed by atoms with Gasteiger partial charge in [0.15, 0.2) is 23.1 Å². The molecule has 1 aliphatic heterocycles. The van der Waals surface area contributed by atoms with Crippen molar-refractivity contribution in [2.75, 3.05) is 46.6 Å². The molecule has 46 heavy (non-hydrogen) atoms. The fourth-order valence-electron chi connectivity index (χ4n) is 6.97. The minimum Gasteiger partial charge on any atom is -0.507 e. The van der Waals surface area contributed by atoms with Gasteiger partial charge >= 0.3 is 0 Å². The van der Waals surface area contributed by atoms with Crippen molar-refractivity contribution in [2.24, 2.45) is 5.16 Å². The van der Waals surface area contributed by atoms with E-state index in [1.807, 2.05) is 0 Å². The lowest BCUT2D eigenvalue weighted by Crippen LogP contribution is -2.38. The summed E-state index contributed by atoms with van der Waals surface area (Å²) in [5.41, 5.74) is -4.83. The molecule has 0 radical (unpaired) electrons. The van der Waals surface area contributed by atoms with E-state index in [1.54, 1.807) is 12.1 Å². The fourth-order valence-corrected chi connectivity index (χ4v) is 6.97. The minimum atomic E-state index is -2.11. The van der Waals surface area contributed by atoms with Crippen LogP contribution in [0.3, 0.4) is 0 Å². The zero-order chi connectivity index (χ0) is 32.5. The molecule has 4 N–H and O–H groups in total. The number of morpholine rings is 1. The van der Waals surface area contributed by atoms with Crippen LogP contribution in [0.15, 0.2) is 33.9 Å². The quantitative estimate of drug-likeness (QED) is 0.101. The summed E-state index contributed by atoms with van der Waals surface area (Å²) in [6.07, 6.45) is 2.11. The third kappa shape index (κ3) is 4.03. The summed E-state index contributed by atoms with van der Waals surface area (Å²) in [6.45, 7) is 3.93. The van der Waals surface area contributed by atoms with Gasteiger partial charge < -0.3 is 34.6 Å². The van der Waals surface area contributed by atoms with E-state index >= 15 is 0 Å². The van der Waals surface area contributed by atoms with E-state index in [1.165, 1.54) is 6.21 Å². The zero-order valence-corrected chi connectivity index (χ0v) is 24.5. The van der Waals surface area contributed by atoms with Gasteiger partial charge in [-0.2, -0.15) is 0 Å². The number of fused-ring (bicyclic) bond motifs is 5. The Morgan fingerprint density at radius 1 is 0.978 bits per heavy atom. The van der Waals surface area contributed by atoms with Gasteiger partial charge in [0.2, 0.25) is 5.78 Å². The molecule has 1 aromatic heterocycles. The topological polar surface area (TPSA) is 205 Å². The molecule has 14 nitrogen and oxygen atoms in total. The number of ether oxygens (including phenoxy) is 2. The molecular weight excluding hydrogens is 602 g/mol. The smallest absolute Gasteiger partial charge is 0.260 e. The number of aromatic amines is 1. The molecule has 2 heterocycles. The first-order valence-electron chi connectivity index (χ1n) is 14.5. The van der Waals surface area contributed by atoms with Gasteiger partial charge in [-0.3, -0.25) is 28.9 Å². The number of hydrogen-bond donors (Lipinski definition) is 4.